The van der Waals surface area contributed by atoms with Gasteiger partial charge in [-0.2, -0.15) is 0 Å². The SMILES string of the molecule is O=C(C=Cc1cc2c(cc1Br)OCO2)Oc1cc(Cl)cc(Cl)c1. The molecule has 3 rings (SSSR count). The van der Waals surface area contributed by atoms with Gasteiger partial charge in [0.1, 0.15) is 5.75 Å². The fourth-order valence-electron chi connectivity index (χ4n) is 1.96. The first-order valence-electron chi connectivity index (χ1n) is 6.46. The molecule has 2 aromatic carbocycles. The van der Waals surface area contributed by atoms with Crippen molar-refractivity contribution in [2.75, 3.05) is 6.79 Å². The molecule has 7 heteroatoms. The van der Waals surface area contributed by atoms with E-state index in [2.05, 4.69) is 15.9 Å². The second-order valence-electron chi connectivity index (χ2n) is 4.59. The van der Waals surface area contributed by atoms with Crippen LogP contribution in [0.4, 0.5) is 0 Å². The molecule has 0 atom stereocenters. The average molecular weight is 416 g/mol. The zero-order chi connectivity index (χ0) is 16.4. The molecule has 0 spiro atoms. The van der Waals surface area contributed by atoms with Crippen molar-refractivity contribution in [2.24, 2.45) is 0 Å². The molecule has 0 aromatic heterocycles. The molecule has 1 aliphatic rings. The summed E-state index contributed by atoms with van der Waals surface area (Å²) in [4.78, 5) is 11.9. The Labute approximate surface area is 150 Å². The zero-order valence-electron chi connectivity index (χ0n) is 11.5. The molecule has 0 unspecified atom stereocenters. The van der Waals surface area contributed by atoms with E-state index >= 15 is 0 Å². The largest absolute Gasteiger partial charge is 0.454 e. The van der Waals surface area contributed by atoms with Crippen LogP contribution in [0.5, 0.6) is 17.2 Å². The highest BCUT2D eigenvalue weighted by molar-refractivity contribution is 9.10. The molecule has 0 bridgehead atoms. The van der Waals surface area contributed by atoms with E-state index < -0.39 is 5.97 Å². The lowest BCUT2D eigenvalue weighted by molar-refractivity contribution is -0.128. The van der Waals surface area contributed by atoms with Gasteiger partial charge in [-0.15, -0.1) is 0 Å². The third-order valence-electron chi connectivity index (χ3n) is 2.95. The molecule has 4 nitrogen and oxygen atoms in total. The van der Waals surface area contributed by atoms with E-state index in [-0.39, 0.29) is 12.5 Å². The van der Waals surface area contributed by atoms with E-state index in [1.165, 1.54) is 18.2 Å². The van der Waals surface area contributed by atoms with Gasteiger partial charge in [0.05, 0.1) is 0 Å². The van der Waals surface area contributed by atoms with Gasteiger partial charge in [0.25, 0.3) is 0 Å². The first-order valence-corrected chi connectivity index (χ1v) is 8.01. The third-order valence-corrected chi connectivity index (χ3v) is 4.07. The van der Waals surface area contributed by atoms with Crippen molar-refractivity contribution in [3.05, 3.63) is 56.5 Å². The Bertz CT molecular complexity index is 785. The number of carbonyl (C=O) groups excluding carboxylic acids is 1. The summed E-state index contributed by atoms with van der Waals surface area (Å²) in [6.07, 6.45) is 2.91. The van der Waals surface area contributed by atoms with Crippen molar-refractivity contribution in [1.29, 1.82) is 0 Å². The number of hydrogen-bond donors (Lipinski definition) is 0. The summed E-state index contributed by atoms with van der Waals surface area (Å²) >= 11 is 15.1. The second kappa shape index (κ2) is 6.83. The molecule has 2 aromatic rings. The molecule has 0 amide bonds. The standard InChI is InChI=1S/C16H9BrCl2O4/c17-13-7-15-14(21-8-22-15)3-9(13)1-2-16(20)23-12-5-10(18)4-11(19)6-12/h1-7H,8H2. The van der Waals surface area contributed by atoms with Crippen LogP contribution in [0.3, 0.4) is 0 Å². The molecule has 118 valence electrons. The van der Waals surface area contributed by atoms with Crippen LogP contribution in [0, 0.1) is 0 Å². The van der Waals surface area contributed by atoms with Crippen molar-refractivity contribution in [3.63, 3.8) is 0 Å². The normalized spacial score (nSPS) is 12.7. The Morgan fingerprint density at radius 1 is 1.09 bits per heavy atom. The molecule has 0 saturated carbocycles. The van der Waals surface area contributed by atoms with Crippen molar-refractivity contribution in [3.8, 4) is 17.2 Å². The summed E-state index contributed by atoms with van der Waals surface area (Å²) in [7, 11) is 0. The number of esters is 1. The predicted octanol–water partition coefficient (Wildman–Crippen LogP) is 5.10. The average Bonchev–Trinajstić information content (AvgIpc) is 2.90. The maximum atomic E-state index is 11.9. The summed E-state index contributed by atoms with van der Waals surface area (Å²) in [5.41, 5.74) is 0.760. The van der Waals surface area contributed by atoms with E-state index in [1.807, 2.05) is 0 Å². The molecule has 0 saturated heterocycles. The molecule has 0 aliphatic carbocycles. The summed E-state index contributed by atoms with van der Waals surface area (Å²) in [5.74, 6) is 1.02. The molecular formula is C16H9BrCl2O4. The van der Waals surface area contributed by atoms with Crippen LogP contribution in [0.15, 0.2) is 40.9 Å². The summed E-state index contributed by atoms with van der Waals surface area (Å²) < 4.78 is 16.5. The van der Waals surface area contributed by atoms with Crippen LogP contribution in [0.2, 0.25) is 10.0 Å². The fourth-order valence-corrected chi connectivity index (χ4v) is 2.92. The number of rotatable bonds is 3. The lowest BCUT2D eigenvalue weighted by atomic mass is 10.2. The number of hydrogen-bond acceptors (Lipinski definition) is 4. The minimum atomic E-state index is -0.548. The molecule has 0 fully saturated rings. The lowest BCUT2D eigenvalue weighted by Gasteiger charge is -2.04. The van der Waals surface area contributed by atoms with Crippen molar-refractivity contribution < 1.29 is 19.0 Å². The summed E-state index contributed by atoms with van der Waals surface area (Å²) in [6.45, 7) is 0.187. The topological polar surface area (TPSA) is 44.8 Å². The van der Waals surface area contributed by atoms with Gasteiger partial charge in [-0.25, -0.2) is 4.79 Å². The number of carbonyl (C=O) groups is 1. The van der Waals surface area contributed by atoms with Gasteiger partial charge in [-0.3, -0.25) is 0 Å². The lowest BCUT2D eigenvalue weighted by Crippen LogP contribution is -2.03. The monoisotopic (exact) mass is 414 g/mol. The van der Waals surface area contributed by atoms with Crippen LogP contribution in [0.25, 0.3) is 6.08 Å². The van der Waals surface area contributed by atoms with Crippen LogP contribution in [-0.2, 0) is 4.79 Å². The molecule has 1 aliphatic heterocycles. The van der Waals surface area contributed by atoms with Gasteiger partial charge in [0.2, 0.25) is 6.79 Å². The van der Waals surface area contributed by atoms with Gasteiger partial charge < -0.3 is 14.2 Å². The highest BCUT2D eigenvalue weighted by Crippen LogP contribution is 2.37. The van der Waals surface area contributed by atoms with Crippen molar-refractivity contribution in [2.45, 2.75) is 0 Å². The smallest absolute Gasteiger partial charge is 0.336 e. The molecule has 1 heterocycles. The van der Waals surface area contributed by atoms with E-state index in [1.54, 1.807) is 24.3 Å². The van der Waals surface area contributed by atoms with Gasteiger partial charge in [0, 0.05) is 20.6 Å². The minimum Gasteiger partial charge on any atom is -0.454 e. The van der Waals surface area contributed by atoms with Gasteiger partial charge in [-0.05, 0) is 42.0 Å². The van der Waals surface area contributed by atoms with Crippen molar-refractivity contribution >= 4 is 51.2 Å². The Balaban J connectivity index is 1.74. The quantitative estimate of drug-likeness (QED) is 0.397. The third kappa shape index (κ3) is 3.99. The van der Waals surface area contributed by atoms with Gasteiger partial charge >= 0.3 is 5.97 Å². The number of fused-ring (bicyclic) bond motifs is 1. The predicted molar refractivity (Wildman–Crippen MR) is 91.4 cm³/mol. The first kappa shape index (κ1) is 16.2. The number of halogens is 3. The molecule has 0 radical (unpaired) electrons. The second-order valence-corrected chi connectivity index (χ2v) is 6.31. The van der Waals surface area contributed by atoms with E-state index in [4.69, 9.17) is 37.4 Å². The Morgan fingerprint density at radius 3 is 2.43 bits per heavy atom. The summed E-state index contributed by atoms with van der Waals surface area (Å²) in [5, 5.41) is 0.783. The fraction of sp³-hybridized carbons (Fsp3) is 0.0625. The van der Waals surface area contributed by atoms with Gasteiger partial charge in [-0.1, -0.05) is 39.1 Å². The van der Waals surface area contributed by atoms with E-state index in [9.17, 15) is 4.79 Å². The summed E-state index contributed by atoms with van der Waals surface area (Å²) in [6, 6.07) is 8.13. The van der Waals surface area contributed by atoms with Crippen LogP contribution in [-0.4, -0.2) is 12.8 Å². The zero-order valence-corrected chi connectivity index (χ0v) is 14.6. The maximum Gasteiger partial charge on any atom is 0.336 e. The maximum absolute atomic E-state index is 11.9. The Morgan fingerprint density at radius 2 is 1.74 bits per heavy atom. The van der Waals surface area contributed by atoms with Crippen molar-refractivity contribution in [1.82, 2.24) is 0 Å². The minimum absolute atomic E-state index is 0.187. The molecular weight excluding hydrogens is 407 g/mol. The number of benzene rings is 2. The molecule has 23 heavy (non-hydrogen) atoms. The highest BCUT2D eigenvalue weighted by atomic mass is 79.9. The Kier molecular flexibility index (Phi) is 4.80. The van der Waals surface area contributed by atoms with Crippen LogP contribution in [0.1, 0.15) is 5.56 Å². The highest BCUT2D eigenvalue weighted by Gasteiger charge is 2.15. The first-order chi connectivity index (χ1) is 11.0. The van der Waals surface area contributed by atoms with Crippen LogP contribution >= 0.6 is 39.1 Å². The Hall–Kier alpha value is -1.69. The number of ether oxygens (including phenoxy) is 3. The van der Waals surface area contributed by atoms with Gasteiger partial charge in [0.15, 0.2) is 11.5 Å². The molecule has 0 N–H and O–H groups in total. The van der Waals surface area contributed by atoms with E-state index in [0.29, 0.717) is 21.5 Å². The van der Waals surface area contributed by atoms with Crippen LogP contribution < -0.4 is 14.2 Å². The van der Waals surface area contributed by atoms with E-state index in [0.717, 1.165) is 10.0 Å².